The van der Waals surface area contributed by atoms with Crippen LogP contribution in [0.1, 0.15) is 20.8 Å². The minimum atomic E-state index is -3.80. The van der Waals surface area contributed by atoms with Gasteiger partial charge in [0.1, 0.15) is 8.07 Å². The SMILES string of the molecule is CC(C)(C)[Si](C)(C)OC[C@H](O[Si](C)(C)c1ccccc1)[C@H]1[C@H](O)[C@@H](C#C[Si](C)(C)C)[C@H]1S(=O)(=O)c1ccccc1. The first-order chi connectivity index (χ1) is 18.3. The molecular formula is C31H48O5SSi3. The van der Waals surface area contributed by atoms with Gasteiger partial charge >= 0.3 is 0 Å². The summed E-state index contributed by atoms with van der Waals surface area (Å²) in [5.74, 6) is 1.88. The van der Waals surface area contributed by atoms with Crippen molar-refractivity contribution in [3.63, 3.8) is 0 Å². The van der Waals surface area contributed by atoms with Crippen molar-refractivity contribution in [2.45, 2.75) is 94.0 Å². The molecule has 5 nitrogen and oxygen atoms in total. The molecule has 0 heterocycles. The minimum absolute atomic E-state index is 0.0248. The molecule has 0 unspecified atom stereocenters. The maximum Gasteiger partial charge on any atom is 0.218 e. The van der Waals surface area contributed by atoms with Crippen LogP contribution >= 0.6 is 0 Å². The van der Waals surface area contributed by atoms with Crippen LogP contribution in [0.2, 0.25) is 50.9 Å². The molecular weight excluding hydrogens is 569 g/mol. The van der Waals surface area contributed by atoms with E-state index in [1.54, 1.807) is 24.3 Å². The van der Waals surface area contributed by atoms with Crippen LogP contribution in [0.5, 0.6) is 0 Å². The lowest BCUT2D eigenvalue weighted by Gasteiger charge is -2.51. The highest BCUT2D eigenvalue weighted by Crippen LogP contribution is 2.46. The maximum absolute atomic E-state index is 14.2. The van der Waals surface area contributed by atoms with E-state index in [0.717, 1.165) is 5.19 Å². The molecule has 0 amide bonds. The van der Waals surface area contributed by atoms with Gasteiger partial charge in [0.25, 0.3) is 0 Å². The van der Waals surface area contributed by atoms with Crippen molar-refractivity contribution in [2.75, 3.05) is 6.61 Å². The predicted molar refractivity (Wildman–Crippen MR) is 173 cm³/mol. The van der Waals surface area contributed by atoms with Gasteiger partial charge in [-0.15, -0.1) is 11.5 Å². The lowest BCUT2D eigenvalue weighted by Crippen LogP contribution is -2.66. The number of aliphatic hydroxyl groups is 1. The molecule has 40 heavy (non-hydrogen) atoms. The van der Waals surface area contributed by atoms with Crippen LogP contribution in [0.25, 0.3) is 0 Å². The fourth-order valence-electron chi connectivity index (χ4n) is 4.80. The van der Waals surface area contributed by atoms with Gasteiger partial charge in [0, 0.05) is 5.92 Å². The van der Waals surface area contributed by atoms with Crippen molar-refractivity contribution in [3.8, 4) is 11.5 Å². The summed E-state index contributed by atoms with van der Waals surface area (Å²) in [6.07, 6.45) is -1.53. The highest BCUT2D eigenvalue weighted by Gasteiger charge is 2.60. The normalized spacial score (nSPS) is 23.1. The van der Waals surface area contributed by atoms with Gasteiger partial charge in [-0.05, 0) is 48.5 Å². The van der Waals surface area contributed by atoms with Gasteiger partial charge in [-0.3, -0.25) is 0 Å². The van der Waals surface area contributed by atoms with E-state index in [9.17, 15) is 13.5 Å². The van der Waals surface area contributed by atoms with E-state index in [1.165, 1.54) is 0 Å². The van der Waals surface area contributed by atoms with Gasteiger partial charge in [0.15, 0.2) is 18.2 Å². The summed E-state index contributed by atoms with van der Waals surface area (Å²) < 4.78 is 41.9. The zero-order valence-electron chi connectivity index (χ0n) is 25.9. The fourth-order valence-corrected chi connectivity index (χ4v) is 10.7. The summed E-state index contributed by atoms with van der Waals surface area (Å²) in [7, 11) is -10.3. The number of sulfone groups is 1. The first-order valence-corrected chi connectivity index (χ1v) is 25.0. The summed E-state index contributed by atoms with van der Waals surface area (Å²) in [5.41, 5.74) is 3.33. The Balaban J connectivity index is 2.09. The van der Waals surface area contributed by atoms with Gasteiger partial charge in [-0.2, -0.15) is 0 Å². The summed E-state index contributed by atoms with van der Waals surface area (Å²) >= 11 is 0. The molecule has 1 fully saturated rings. The lowest BCUT2D eigenvalue weighted by molar-refractivity contribution is -0.0797. The lowest BCUT2D eigenvalue weighted by atomic mass is 9.69. The second-order valence-corrected chi connectivity index (χ2v) is 29.5. The minimum Gasteiger partial charge on any atom is -0.414 e. The molecule has 0 bridgehead atoms. The van der Waals surface area contributed by atoms with Crippen LogP contribution in [0.15, 0.2) is 65.6 Å². The van der Waals surface area contributed by atoms with E-state index in [-0.39, 0.29) is 16.5 Å². The fraction of sp³-hybridized carbons (Fsp3) is 0.548. The van der Waals surface area contributed by atoms with E-state index >= 15 is 0 Å². The molecule has 1 N–H and O–H groups in total. The van der Waals surface area contributed by atoms with Gasteiger partial charge in [-0.25, -0.2) is 8.42 Å². The summed E-state index contributed by atoms with van der Waals surface area (Å²) in [6, 6.07) is 18.6. The van der Waals surface area contributed by atoms with E-state index in [4.69, 9.17) is 8.85 Å². The number of hydrogen-bond acceptors (Lipinski definition) is 5. The second-order valence-electron chi connectivity index (χ2n) is 14.0. The largest absolute Gasteiger partial charge is 0.414 e. The molecule has 1 saturated carbocycles. The second kappa shape index (κ2) is 12.0. The van der Waals surface area contributed by atoms with Gasteiger partial charge in [-0.1, -0.05) is 88.9 Å². The first-order valence-electron chi connectivity index (χ1n) is 14.1. The van der Waals surface area contributed by atoms with Crippen molar-refractivity contribution in [1.82, 2.24) is 0 Å². The average Bonchev–Trinajstić information content (AvgIpc) is 2.85. The molecule has 0 saturated heterocycles. The van der Waals surface area contributed by atoms with E-state index in [0.29, 0.717) is 0 Å². The molecule has 0 aromatic heterocycles. The standard InChI is InChI=1S/C31H48O5SSi3/c1-31(2,3)40(9,10)35-23-27(36-39(7,8)25-19-15-12-16-20-25)28-29(32)26(21-22-38(4,5)6)30(28)37(33,34)24-17-13-11-14-18-24/h11-20,26-30,32H,23H2,1-10H3/t26-,27+,28+,29-,30-/m1/s1. The number of hydrogen-bond donors (Lipinski definition) is 1. The number of benzene rings is 2. The van der Waals surface area contributed by atoms with Gasteiger partial charge in [0.05, 0.1) is 34.9 Å². The molecule has 1 aliphatic carbocycles. The average molecular weight is 617 g/mol. The molecule has 5 atom stereocenters. The third kappa shape index (κ3) is 7.46. The first kappa shape index (κ1) is 33.0. The van der Waals surface area contributed by atoms with Crippen molar-refractivity contribution >= 4 is 39.7 Å². The smallest absolute Gasteiger partial charge is 0.218 e. The zero-order valence-corrected chi connectivity index (χ0v) is 29.7. The predicted octanol–water partition coefficient (Wildman–Crippen LogP) is 5.84. The van der Waals surface area contributed by atoms with Crippen LogP contribution in [-0.4, -0.2) is 62.3 Å². The quantitative estimate of drug-likeness (QED) is 0.283. The van der Waals surface area contributed by atoms with Crippen molar-refractivity contribution in [2.24, 2.45) is 11.8 Å². The van der Waals surface area contributed by atoms with Crippen LogP contribution in [0.3, 0.4) is 0 Å². The molecule has 0 aliphatic heterocycles. The molecule has 0 radical (unpaired) electrons. The van der Waals surface area contributed by atoms with Crippen LogP contribution in [-0.2, 0) is 18.7 Å². The van der Waals surface area contributed by atoms with E-state index < -0.39 is 63.8 Å². The van der Waals surface area contributed by atoms with E-state index in [1.807, 2.05) is 24.3 Å². The van der Waals surface area contributed by atoms with Crippen molar-refractivity contribution in [1.29, 1.82) is 0 Å². The summed E-state index contributed by atoms with van der Waals surface area (Å²) in [5, 5.41) is 11.8. The number of aliphatic hydroxyl groups excluding tert-OH is 1. The van der Waals surface area contributed by atoms with E-state index in [2.05, 4.69) is 90.2 Å². The Hall–Kier alpha value is -1.52. The molecule has 9 heteroatoms. The Bertz CT molecular complexity index is 1300. The van der Waals surface area contributed by atoms with Crippen molar-refractivity contribution < 1.29 is 22.4 Å². The maximum atomic E-state index is 14.2. The van der Waals surface area contributed by atoms with Crippen LogP contribution in [0.4, 0.5) is 0 Å². The Morgan fingerprint density at radius 1 is 0.900 bits per heavy atom. The third-order valence-corrected chi connectivity index (χ3v) is 18.6. The molecule has 2 aromatic carbocycles. The number of rotatable bonds is 9. The van der Waals surface area contributed by atoms with Crippen LogP contribution < -0.4 is 5.19 Å². The van der Waals surface area contributed by atoms with Gasteiger partial charge < -0.3 is 14.0 Å². The Morgan fingerprint density at radius 3 is 1.93 bits per heavy atom. The van der Waals surface area contributed by atoms with Crippen LogP contribution in [0, 0.1) is 23.3 Å². The molecule has 1 aliphatic rings. The topological polar surface area (TPSA) is 72.8 Å². The molecule has 0 spiro atoms. The van der Waals surface area contributed by atoms with Gasteiger partial charge in [0.2, 0.25) is 8.32 Å². The summed E-state index contributed by atoms with van der Waals surface area (Å²) in [4.78, 5) is 0.250. The molecule has 3 rings (SSSR count). The molecule has 2 aromatic rings. The Morgan fingerprint density at radius 2 is 1.43 bits per heavy atom. The Kier molecular flexibility index (Phi) is 9.89. The highest BCUT2D eigenvalue weighted by atomic mass is 32.2. The highest BCUT2D eigenvalue weighted by molar-refractivity contribution is 7.92. The van der Waals surface area contributed by atoms with Crippen molar-refractivity contribution in [3.05, 3.63) is 60.7 Å². The Labute approximate surface area is 245 Å². The zero-order chi connectivity index (χ0) is 30.1. The third-order valence-electron chi connectivity index (χ3n) is 8.30. The monoisotopic (exact) mass is 616 g/mol. The summed E-state index contributed by atoms with van der Waals surface area (Å²) in [6.45, 7) is 21.7. The molecule has 220 valence electrons.